The molecule has 5 nitrogen and oxygen atoms in total. The molecular weight excluding hydrogens is 326 g/mol. The number of para-hydroxylation sites is 1. The van der Waals surface area contributed by atoms with Crippen LogP contribution in [0.1, 0.15) is 41.6 Å². The molecule has 0 unspecified atom stereocenters. The third-order valence-electron chi connectivity index (χ3n) is 4.75. The summed E-state index contributed by atoms with van der Waals surface area (Å²) < 4.78 is 6.04. The number of hydrogen-bond donors (Lipinski definition) is 1. The summed E-state index contributed by atoms with van der Waals surface area (Å²) in [7, 11) is 0. The Morgan fingerprint density at radius 1 is 1.04 bits per heavy atom. The largest absolute Gasteiger partial charge is 0.474 e. The Morgan fingerprint density at radius 3 is 2.69 bits per heavy atom. The van der Waals surface area contributed by atoms with Crippen molar-refractivity contribution in [2.45, 2.75) is 38.3 Å². The van der Waals surface area contributed by atoms with Gasteiger partial charge in [0.2, 0.25) is 5.88 Å². The molecule has 1 N–H and O–H groups in total. The highest BCUT2D eigenvalue weighted by atomic mass is 16.5. The molecule has 2 heterocycles. The van der Waals surface area contributed by atoms with Gasteiger partial charge >= 0.3 is 0 Å². The Bertz CT molecular complexity index is 915. The maximum atomic E-state index is 12.7. The van der Waals surface area contributed by atoms with Gasteiger partial charge in [0.1, 0.15) is 6.10 Å². The number of pyridine rings is 2. The van der Waals surface area contributed by atoms with E-state index in [0.717, 1.165) is 23.8 Å². The molecule has 1 fully saturated rings. The van der Waals surface area contributed by atoms with Crippen molar-refractivity contribution in [2.75, 3.05) is 0 Å². The van der Waals surface area contributed by atoms with Gasteiger partial charge in [-0.25, -0.2) is 4.98 Å². The molecule has 2 aromatic heterocycles. The summed E-state index contributed by atoms with van der Waals surface area (Å²) in [4.78, 5) is 21.4. The van der Waals surface area contributed by atoms with Crippen LogP contribution in [-0.4, -0.2) is 22.0 Å². The van der Waals surface area contributed by atoms with Crippen molar-refractivity contribution in [1.82, 2.24) is 15.3 Å². The topological polar surface area (TPSA) is 64.1 Å². The van der Waals surface area contributed by atoms with Crippen LogP contribution in [0.3, 0.4) is 0 Å². The Labute approximate surface area is 152 Å². The highest BCUT2D eigenvalue weighted by Gasteiger charge is 2.19. The van der Waals surface area contributed by atoms with E-state index < -0.39 is 0 Å². The van der Waals surface area contributed by atoms with Crippen LogP contribution in [-0.2, 0) is 6.54 Å². The van der Waals surface area contributed by atoms with Crippen LogP contribution in [0.4, 0.5) is 0 Å². The summed E-state index contributed by atoms with van der Waals surface area (Å²) in [5, 5.41) is 3.92. The monoisotopic (exact) mass is 347 g/mol. The second-order valence-electron chi connectivity index (χ2n) is 6.56. The fraction of sp³-hybridized carbons (Fsp3) is 0.286. The van der Waals surface area contributed by atoms with Gasteiger partial charge in [0.25, 0.3) is 5.91 Å². The highest BCUT2D eigenvalue weighted by Crippen LogP contribution is 2.25. The standard InChI is InChI=1S/C21H21N3O2/c25-20(18-11-3-6-15-7-4-12-22-19(15)18)24-14-16-8-5-13-23-21(16)26-17-9-1-2-10-17/h3-8,11-13,17H,1-2,9-10,14H2,(H,24,25). The van der Waals surface area contributed by atoms with Crippen molar-refractivity contribution in [3.63, 3.8) is 0 Å². The zero-order valence-electron chi connectivity index (χ0n) is 14.5. The third-order valence-corrected chi connectivity index (χ3v) is 4.75. The zero-order valence-corrected chi connectivity index (χ0v) is 14.5. The molecule has 1 aromatic carbocycles. The first kappa shape index (κ1) is 16.5. The smallest absolute Gasteiger partial charge is 0.253 e. The molecule has 0 bridgehead atoms. The molecule has 4 rings (SSSR count). The molecule has 0 aliphatic heterocycles. The Hall–Kier alpha value is -2.95. The van der Waals surface area contributed by atoms with Crippen molar-refractivity contribution in [3.05, 3.63) is 66.0 Å². The molecule has 0 saturated heterocycles. The number of nitrogens with zero attached hydrogens (tertiary/aromatic N) is 2. The van der Waals surface area contributed by atoms with Gasteiger partial charge in [-0.2, -0.15) is 0 Å². The number of rotatable bonds is 5. The summed E-state index contributed by atoms with van der Waals surface area (Å²) in [6.45, 7) is 0.373. The number of carbonyl (C=O) groups excluding carboxylic acids is 1. The van der Waals surface area contributed by atoms with Gasteiger partial charge in [0.15, 0.2) is 0 Å². The lowest BCUT2D eigenvalue weighted by molar-refractivity contribution is 0.0951. The predicted molar refractivity (Wildman–Crippen MR) is 100 cm³/mol. The van der Waals surface area contributed by atoms with E-state index >= 15 is 0 Å². The van der Waals surface area contributed by atoms with Crippen LogP contribution >= 0.6 is 0 Å². The average molecular weight is 347 g/mol. The first-order chi connectivity index (χ1) is 12.8. The minimum Gasteiger partial charge on any atom is -0.474 e. The van der Waals surface area contributed by atoms with Gasteiger partial charge < -0.3 is 10.1 Å². The van der Waals surface area contributed by atoms with Crippen LogP contribution in [0, 0.1) is 0 Å². The van der Waals surface area contributed by atoms with E-state index in [-0.39, 0.29) is 12.0 Å². The minimum absolute atomic E-state index is 0.148. The third kappa shape index (κ3) is 3.52. The number of benzene rings is 1. The van der Waals surface area contributed by atoms with E-state index in [4.69, 9.17) is 4.74 Å². The summed E-state index contributed by atoms with van der Waals surface area (Å²) in [6.07, 6.45) is 8.23. The number of carbonyl (C=O) groups is 1. The summed E-state index contributed by atoms with van der Waals surface area (Å²) in [5.74, 6) is 0.473. The second kappa shape index (κ2) is 7.52. The maximum Gasteiger partial charge on any atom is 0.253 e. The average Bonchev–Trinajstić information content (AvgIpc) is 3.20. The quantitative estimate of drug-likeness (QED) is 0.761. The van der Waals surface area contributed by atoms with E-state index in [9.17, 15) is 4.79 Å². The van der Waals surface area contributed by atoms with E-state index in [0.29, 0.717) is 23.5 Å². The predicted octanol–water partition coefficient (Wildman–Crippen LogP) is 3.88. The Morgan fingerprint density at radius 2 is 1.81 bits per heavy atom. The molecule has 26 heavy (non-hydrogen) atoms. The van der Waals surface area contributed by atoms with Crippen molar-refractivity contribution in [3.8, 4) is 5.88 Å². The molecule has 1 aliphatic carbocycles. The summed E-state index contributed by atoms with van der Waals surface area (Å²) in [6, 6.07) is 13.2. The minimum atomic E-state index is -0.148. The second-order valence-corrected chi connectivity index (χ2v) is 6.56. The van der Waals surface area contributed by atoms with Crippen LogP contribution < -0.4 is 10.1 Å². The summed E-state index contributed by atoms with van der Waals surface area (Å²) >= 11 is 0. The number of amides is 1. The van der Waals surface area contributed by atoms with Gasteiger partial charge in [-0.3, -0.25) is 9.78 Å². The van der Waals surface area contributed by atoms with Gasteiger partial charge in [-0.05, 0) is 43.9 Å². The molecule has 0 radical (unpaired) electrons. The first-order valence-corrected chi connectivity index (χ1v) is 9.04. The summed E-state index contributed by atoms with van der Waals surface area (Å²) in [5.41, 5.74) is 2.17. The van der Waals surface area contributed by atoms with Crippen LogP contribution in [0.2, 0.25) is 0 Å². The molecular formula is C21H21N3O2. The highest BCUT2D eigenvalue weighted by molar-refractivity contribution is 6.05. The number of aromatic nitrogens is 2. The van der Waals surface area contributed by atoms with Gasteiger partial charge in [0.05, 0.1) is 11.1 Å². The molecule has 3 aromatic rings. The van der Waals surface area contributed by atoms with E-state index in [1.807, 2.05) is 36.4 Å². The Kier molecular flexibility index (Phi) is 4.78. The molecule has 1 amide bonds. The lowest BCUT2D eigenvalue weighted by Gasteiger charge is -2.15. The first-order valence-electron chi connectivity index (χ1n) is 9.04. The van der Waals surface area contributed by atoms with E-state index in [2.05, 4.69) is 15.3 Å². The number of ether oxygens (including phenoxy) is 1. The SMILES string of the molecule is O=C(NCc1cccnc1OC1CCCC1)c1cccc2cccnc12. The van der Waals surface area contributed by atoms with Crippen molar-refractivity contribution in [2.24, 2.45) is 0 Å². The normalized spacial score (nSPS) is 14.5. The van der Waals surface area contributed by atoms with E-state index in [1.54, 1.807) is 18.5 Å². The number of nitrogens with one attached hydrogen (secondary N) is 1. The molecule has 0 atom stereocenters. The molecule has 132 valence electrons. The number of fused-ring (bicyclic) bond motifs is 1. The van der Waals surface area contributed by atoms with Crippen molar-refractivity contribution >= 4 is 16.8 Å². The molecule has 5 heteroatoms. The van der Waals surface area contributed by atoms with Crippen LogP contribution in [0.5, 0.6) is 5.88 Å². The van der Waals surface area contributed by atoms with E-state index in [1.165, 1.54) is 12.8 Å². The number of hydrogen-bond acceptors (Lipinski definition) is 4. The van der Waals surface area contributed by atoms with Crippen LogP contribution in [0.25, 0.3) is 10.9 Å². The van der Waals surface area contributed by atoms with Crippen molar-refractivity contribution < 1.29 is 9.53 Å². The fourth-order valence-corrected chi connectivity index (χ4v) is 3.39. The van der Waals surface area contributed by atoms with Gasteiger partial charge in [-0.15, -0.1) is 0 Å². The molecule has 1 saturated carbocycles. The molecule has 1 aliphatic rings. The lowest BCUT2D eigenvalue weighted by Crippen LogP contribution is -2.24. The van der Waals surface area contributed by atoms with Gasteiger partial charge in [0, 0.05) is 29.9 Å². The zero-order chi connectivity index (χ0) is 17.8. The fourth-order valence-electron chi connectivity index (χ4n) is 3.39. The van der Waals surface area contributed by atoms with Gasteiger partial charge in [-0.1, -0.05) is 24.3 Å². The van der Waals surface area contributed by atoms with Crippen LogP contribution in [0.15, 0.2) is 54.9 Å². The Balaban J connectivity index is 1.49. The lowest BCUT2D eigenvalue weighted by atomic mass is 10.1. The molecule has 0 spiro atoms. The maximum absolute atomic E-state index is 12.7. The van der Waals surface area contributed by atoms with Crippen molar-refractivity contribution in [1.29, 1.82) is 0 Å².